The molecule has 0 amide bonds. The van der Waals surface area contributed by atoms with Gasteiger partial charge in [0.05, 0.1) is 5.71 Å². The van der Waals surface area contributed by atoms with Crippen LogP contribution in [0, 0.1) is 5.82 Å². The van der Waals surface area contributed by atoms with Gasteiger partial charge in [0.25, 0.3) is 0 Å². The minimum atomic E-state index is -4.76. The molecule has 1 aliphatic rings. The zero-order chi connectivity index (χ0) is 17.9. The SMILES string of the molecule is O=S(=O)(N=C1C=CC(Oc2cc(F)cc(Cl)c2)=C(Br)C1)OC(F)F. The predicted octanol–water partition coefficient (Wildman–Crippen LogP) is 4.35. The van der Waals surface area contributed by atoms with E-state index < -0.39 is 22.7 Å². The maximum absolute atomic E-state index is 13.3. The minimum absolute atomic E-state index is 0.0489. The van der Waals surface area contributed by atoms with Gasteiger partial charge in [-0.3, -0.25) is 0 Å². The highest BCUT2D eigenvalue weighted by molar-refractivity contribution is 9.11. The van der Waals surface area contributed by atoms with Gasteiger partial charge in [0, 0.05) is 22.0 Å². The normalized spacial score (nSPS) is 17.0. The number of rotatable bonds is 5. The number of nitrogens with zero attached hydrogens (tertiary/aromatic N) is 1. The van der Waals surface area contributed by atoms with Crippen molar-refractivity contribution in [2.75, 3.05) is 0 Å². The number of halogens is 5. The minimum Gasteiger partial charge on any atom is -0.456 e. The van der Waals surface area contributed by atoms with E-state index in [1.165, 1.54) is 18.2 Å². The van der Waals surface area contributed by atoms with E-state index >= 15 is 0 Å². The van der Waals surface area contributed by atoms with Crippen molar-refractivity contribution in [2.24, 2.45) is 4.40 Å². The molecule has 0 saturated heterocycles. The van der Waals surface area contributed by atoms with Gasteiger partial charge in [-0.2, -0.15) is 21.4 Å². The summed E-state index contributed by atoms with van der Waals surface area (Å²) in [5.41, 5.74) is -0.0489. The Hall–Kier alpha value is -1.36. The van der Waals surface area contributed by atoms with E-state index in [0.29, 0.717) is 4.48 Å². The summed E-state index contributed by atoms with van der Waals surface area (Å²) in [7, 11) is -4.76. The molecule has 0 aromatic heterocycles. The van der Waals surface area contributed by atoms with Gasteiger partial charge in [-0.25, -0.2) is 4.39 Å². The standard InChI is InChI=1S/C13H8BrClF3NO4S/c14-11-6-9(19-24(20,21)23-13(17)18)1-2-12(11)22-10-4-7(15)3-8(16)5-10/h1-5,13H,6H2. The Bertz CT molecular complexity index is 819. The third kappa shape index (κ3) is 5.62. The van der Waals surface area contributed by atoms with E-state index in [9.17, 15) is 21.6 Å². The molecule has 0 fully saturated rings. The van der Waals surface area contributed by atoms with E-state index in [2.05, 4.69) is 24.5 Å². The van der Waals surface area contributed by atoms with Gasteiger partial charge in [0.1, 0.15) is 17.3 Å². The largest absolute Gasteiger partial charge is 0.456 e. The fourth-order valence-corrected chi connectivity index (χ4v) is 3.04. The van der Waals surface area contributed by atoms with Crippen LogP contribution in [0.1, 0.15) is 6.42 Å². The second kappa shape index (κ2) is 7.68. The molecular weight excluding hydrogens is 439 g/mol. The van der Waals surface area contributed by atoms with Crippen molar-refractivity contribution in [2.45, 2.75) is 13.0 Å². The van der Waals surface area contributed by atoms with E-state index in [-0.39, 0.29) is 28.7 Å². The van der Waals surface area contributed by atoms with Crippen LogP contribution >= 0.6 is 27.5 Å². The summed E-state index contributed by atoms with van der Waals surface area (Å²) in [5.74, 6) is -0.208. The van der Waals surface area contributed by atoms with Crippen LogP contribution in [0.15, 0.2) is 45.0 Å². The number of benzene rings is 1. The Morgan fingerprint density at radius 2 is 1.96 bits per heavy atom. The summed E-state index contributed by atoms with van der Waals surface area (Å²) in [5, 5.41) is 0.138. The third-order valence-electron chi connectivity index (χ3n) is 2.52. The Morgan fingerprint density at radius 3 is 2.54 bits per heavy atom. The maximum Gasteiger partial charge on any atom is 0.385 e. The smallest absolute Gasteiger partial charge is 0.385 e. The van der Waals surface area contributed by atoms with Gasteiger partial charge in [-0.05, 0) is 24.3 Å². The number of hydrogen-bond donors (Lipinski definition) is 0. The average Bonchev–Trinajstić information content (AvgIpc) is 2.38. The number of hydrogen-bond acceptors (Lipinski definition) is 4. The molecule has 1 aromatic carbocycles. The molecule has 0 spiro atoms. The molecule has 1 aromatic rings. The summed E-state index contributed by atoms with van der Waals surface area (Å²) in [4.78, 5) is 0. The zero-order valence-electron chi connectivity index (χ0n) is 11.5. The first-order valence-electron chi connectivity index (χ1n) is 6.15. The molecule has 11 heteroatoms. The lowest BCUT2D eigenvalue weighted by molar-refractivity contribution is -0.0443. The molecule has 0 aliphatic heterocycles. The molecule has 0 N–H and O–H groups in total. The first-order chi connectivity index (χ1) is 11.1. The van der Waals surface area contributed by atoms with Crippen molar-refractivity contribution in [3.05, 3.63) is 51.4 Å². The lowest BCUT2D eigenvalue weighted by atomic mass is 10.1. The van der Waals surface area contributed by atoms with Crippen LogP contribution in [0.5, 0.6) is 5.75 Å². The summed E-state index contributed by atoms with van der Waals surface area (Å²) < 4.78 is 72.0. The molecule has 0 unspecified atom stereocenters. The quantitative estimate of drug-likeness (QED) is 0.675. The van der Waals surface area contributed by atoms with Gasteiger partial charge in [-0.1, -0.05) is 27.5 Å². The van der Waals surface area contributed by atoms with E-state index in [1.807, 2.05) is 0 Å². The van der Waals surface area contributed by atoms with Crippen molar-refractivity contribution in [1.82, 2.24) is 0 Å². The molecule has 0 radical (unpaired) electrons. The van der Waals surface area contributed by atoms with Crippen LogP contribution in [0.25, 0.3) is 0 Å². The monoisotopic (exact) mass is 445 g/mol. The van der Waals surface area contributed by atoms with Crippen LogP contribution in [0.3, 0.4) is 0 Å². The molecule has 2 rings (SSSR count). The maximum atomic E-state index is 13.3. The Kier molecular flexibility index (Phi) is 6.07. The van der Waals surface area contributed by atoms with Crippen molar-refractivity contribution in [1.29, 1.82) is 0 Å². The molecule has 0 saturated carbocycles. The molecule has 0 bridgehead atoms. The van der Waals surface area contributed by atoms with Crippen LogP contribution in [0.4, 0.5) is 13.2 Å². The number of allylic oxidation sites excluding steroid dienone is 3. The fraction of sp³-hybridized carbons (Fsp3) is 0.154. The lowest BCUT2D eigenvalue weighted by Gasteiger charge is -2.14. The van der Waals surface area contributed by atoms with Crippen LogP contribution in [-0.2, 0) is 14.5 Å². The second-order valence-corrected chi connectivity index (χ2v) is 6.98. The number of ether oxygens (including phenoxy) is 1. The summed E-state index contributed by atoms with van der Waals surface area (Å²) in [6.07, 6.45) is 2.53. The Labute approximate surface area is 148 Å². The predicted molar refractivity (Wildman–Crippen MR) is 85.2 cm³/mol. The second-order valence-electron chi connectivity index (χ2n) is 4.35. The van der Waals surface area contributed by atoms with E-state index in [1.54, 1.807) is 0 Å². The van der Waals surface area contributed by atoms with Gasteiger partial charge < -0.3 is 4.74 Å². The highest BCUT2D eigenvalue weighted by atomic mass is 79.9. The highest BCUT2D eigenvalue weighted by Crippen LogP contribution is 2.28. The first-order valence-corrected chi connectivity index (χ1v) is 8.69. The molecular formula is C13H8BrClF3NO4S. The van der Waals surface area contributed by atoms with Gasteiger partial charge in [0.2, 0.25) is 0 Å². The molecule has 5 nitrogen and oxygen atoms in total. The van der Waals surface area contributed by atoms with E-state index in [0.717, 1.165) is 12.1 Å². The zero-order valence-corrected chi connectivity index (χ0v) is 14.7. The lowest BCUT2D eigenvalue weighted by Crippen LogP contribution is -2.12. The van der Waals surface area contributed by atoms with Gasteiger partial charge in [0.15, 0.2) is 0 Å². The Balaban J connectivity index is 2.16. The van der Waals surface area contributed by atoms with Crippen LogP contribution < -0.4 is 4.74 Å². The topological polar surface area (TPSA) is 65.0 Å². The van der Waals surface area contributed by atoms with Crippen LogP contribution in [-0.4, -0.2) is 20.7 Å². The highest BCUT2D eigenvalue weighted by Gasteiger charge is 2.20. The van der Waals surface area contributed by atoms with Gasteiger partial charge in [-0.15, -0.1) is 4.40 Å². The van der Waals surface area contributed by atoms with E-state index in [4.69, 9.17) is 16.3 Å². The van der Waals surface area contributed by atoms with Crippen molar-refractivity contribution in [3.63, 3.8) is 0 Å². The first kappa shape index (κ1) is 19.0. The molecule has 0 atom stereocenters. The molecule has 1 aliphatic carbocycles. The van der Waals surface area contributed by atoms with Crippen molar-refractivity contribution in [3.8, 4) is 5.75 Å². The van der Waals surface area contributed by atoms with Crippen molar-refractivity contribution >= 4 is 43.5 Å². The Morgan fingerprint density at radius 1 is 1.25 bits per heavy atom. The molecule has 0 heterocycles. The average molecular weight is 447 g/mol. The summed E-state index contributed by atoms with van der Waals surface area (Å²) in [6, 6.07) is 3.60. The fourth-order valence-electron chi connectivity index (χ4n) is 1.69. The van der Waals surface area contributed by atoms with Crippen molar-refractivity contribution < 1.29 is 30.5 Å². The molecule has 130 valence electrons. The third-order valence-corrected chi connectivity index (χ3v) is 4.25. The summed E-state index contributed by atoms with van der Waals surface area (Å²) >= 11 is 8.87. The van der Waals surface area contributed by atoms with Gasteiger partial charge >= 0.3 is 16.9 Å². The number of alkyl halides is 2. The summed E-state index contributed by atoms with van der Waals surface area (Å²) in [6.45, 7) is -3.50. The molecule has 24 heavy (non-hydrogen) atoms. The van der Waals surface area contributed by atoms with Crippen LogP contribution in [0.2, 0.25) is 5.02 Å².